The van der Waals surface area contributed by atoms with Crippen molar-refractivity contribution in [3.8, 4) is 0 Å². The molecule has 0 aliphatic rings. The number of hydrogen-bond acceptors (Lipinski definition) is 2. The molecule has 0 fully saturated rings. The van der Waals surface area contributed by atoms with Crippen LogP contribution >= 0.6 is 0 Å². The lowest BCUT2D eigenvalue weighted by molar-refractivity contribution is 0.00612. The lowest BCUT2D eigenvalue weighted by atomic mass is 10.0. The monoisotopic (exact) mass is 245 g/mol. The number of aliphatic hydroxyl groups excluding tert-OH is 2. The SMILES string of the molecule is CCCCCCCCCCC([O])CC(O)CO. The van der Waals surface area contributed by atoms with E-state index < -0.39 is 12.2 Å². The minimum Gasteiger partial charge on any atom is -0.394 e. The minimum atomic E-state index is -0.827. The normalized spacial score (nSPS) is 14.8. The molecule has 2 N–H and O–H groups in total. The van der Waals surface area contributed by atoms with Gasteiger partial charge in [0.15, 0.2) is 0 Å². The van der Waals surface area contributed by atoms with Crippen molar-refractivity contribution in [3.63, 3.8) is 0 Å². The van der Waals surface area contributed by atoms with Crippen molar-refractivity contribution >= 4 is 0 Å². The fourth-order valence-corrected chi connectivity index (χ4v) is 2.00. The van der Waals surface area contributed by atoms with Gasteiger partial charge in [-0.05, 0) is 6.42 Å². The lowest BCUT2D eigenvalue weighted by Gasteiger charge is -2.11. The maximum atomic E-state index is 11.4. The predicted molar refractivity (Wildman–Crippen MR) is 69.4 cm³/mol. The van der Waals surface area contributed by atoms with E-state index in [2.05, 4.69) is 6.92 Å². The summed E-state index contributed by atoms with van der Waals surface area (Å²) in [5, 5.41) is 29.1. The van der Waals surface area contributed by atoms with Crippen LogP contribution in [0.4, 0.5) is 0 Å². The molecule has 103 valence electrons. The summed E-state index contributed by atoms with van der Waals surface area (Å²) in [7, 11) is 0. The topological polar surface area (TPSA) is 60.4 Å². The van der Waals surface area contributed by atoms with Gasteiger partial charge in [0.2, 0.25) is 0 Å². The van der Waals surface area contributed by atoms with Gasteiger partial charge in [0.1, 0.15) is 0 Å². The van der Waals surface area contributed by atoms with Gasteiger partial charge < -0.3 is 10.2 Å². The van der Waals surface area contributed by atoms with E-state index in [4.69, 9.17) is 10.2 Å². The second-order valence-electron chi connectivity index (χ2n) is 4.96. The first kappa shape index (κ1) is 16.9. The molecule has 0 aromatic carbocycles. The van der Waals surface area contributed by atoms with Gasteiger partial charge in [0.05, 0.1) is 18.8 Å². The summed E-state index contributed by atoms with van der Waals surface area (Å²) in [5.74, 6) is 0. The Hall–Kier alpha value is -0.120. The lowest BCUT2D eigenvalue weighted by Crippen LogP contribution is -2.19. The van der Waals surface area contributed by atoms with Gasteiger partial charge in [0, 0.05) is 6.42 Å². The Bertz CT molecular complexity index is 150. The molecule has 3 nitrogen and oxygen atoms in total. The third-order valence-electron chi connectivity index (χ3n) is 3.13. The fraction of sp³-hybridized carbons (Fsp3) is 1.00. The van der Waals surface area contributed by atoms with E-state index in [-0.39, 0.29) is 13.0 Å². The van der Waals surface area contributed by atoms with Gasteiger partial charge >= 0.3 is 0 Å². The highest BCUT2D eigenvalue weighted by Gasteiger charge is 2.11. The largest absolute Gasteiger partial charge is 0.394 e. The van der Waals surface area contributed by atoms with Gasteiger partial charge in [-0.25, -0.2) is 5.11 Å². The zero-order valence-corrected chi connectivity index (χ0v) is 11.2. The van der Waals surface area contributed by atoms with Crippen molar-refractivity contribution in [2.75, 3.05) is 6.61 Å². The third-order valence-corrected chi connectivity index (χ3v) is 3.13. The van der Waals surface area contributed by atoms with Crippen molar-refractivity contribution in [2.24, 2.45) is 0 Å². The van der Waals surface area contributed by atoms with Crippen molar-refractivity contribution in [1.29, 1.82) is 0 Å². The van der Waals surface area contributed by atoms with Crippen molar-refractivity contribution in [3.05, 3.63) is 0 Å². The second-order valence-corrected chi connectivity index (χ2v) is 4.96. The molecule has 2 unspecified atom stereocenters. The first-order valence-electron chi connectivity index (χ1n) is 7.15. The van der Waals surface area contributed by atoms with E-state index in [1.54, 1.807) is 0 Å². The van der Waals surface area contributed by atoms with Gasteiger partial charge in [-0.2, -0.15) is 0 Å². The highest BCUT2D eigenvalue weighted by atomic mass is 16.3. The van der Waals surface area contributed by atoms with Crippen LogP contribution in [0.25, 0.3) is 0 Å². The van der Waals surface area contributed by atoms with E-state index in [0.717, 1.165) is 12.8 Å². The maximum Gasteiger partial charge on any atom is 0.0955 e. The molecule has 0 rings (SSSR count). The molecule has 0 aliphatic carbocycles. The molecule has 0 saturated carbocycles. The molecule has 2 atom stereocenters. The first-order valence-corrected chi connectivity index (χ1v) is 7.15. The maximum absolute atomic E-state index is 11.4. The molecule has 0 heterocycles. The van der Waals surface area contributed by atoms with E-state index in [1.165, 1.54) is 38.5 Å². The number of unbranched alkanes of at least 4 members (excludes halogenated alkanes) is 7. The third kappa shape index (κ3) is 12.1. The van der Waals surface area contributed by atoms with Crippen LogP contribution in [0.1, 0.15) is 71.1 Å². The Morgan fingerprint density at radius 1 is 0.941 bits per heavy atom. The smallest absolute Gasteiger partial charge is 0.0955 e. The molecule has 0 bridgehead atoms. The number of hydrogen-bond donors (Lipinski definition) is 2. The molecule has 17 heavy (non-hydrogen) atoms. The zero-order chi connectivity index (χ0) is 12.9. The van der Waals surface area contributed by atoms with Crippen molar-refractivity contribution in [2.45, 2.75) is 83.3 Å². The zero-order valence-electron chi connectivity index (χ0n) is 11.2. The Labute approximate surface area is 106 Å². The van der Waals surface area contributed by atoms with Crippen molar-refractivity contribution in [1.82, 2.24) is 0 Å². The fourth-order valence-electron chi connectivity index (χ4n) is 2.00. The summed E-state index contributed by atoms with van der Waals surface area (Å²) in [6.07, 6.45) is 9.14. The summed E-state index contributed by atoms with van der Waals surface area (Å²) in [4.78, 5) is 0. The molecule has 0 aromatic heterocycles. The molecule has 0 amide bonds. The van der Waals surface area contributed by atoms with Crippen LogP contribution in [-0.2, 0) is 5.11 Å². The summed E-state index contributed by atoms with van der Waals surface area (Å²) in [5.41, 5.74) is 0. The molecular formula is C14H29O3. The average Bonchev–Trinajstić information content (AvgIpc) is 2.32. The van der Waals surface area contributed by atoms with Gasteiger partial charge in [-0.1, -0.05) is 58.3 Å². The van der Waals surface area contributed by atoms with Crippen molar-refractivity contribution < 1.29 is 15.3 Å². The molecule has 0 saturated heterocycles. The van der Waals surface area contributed by atoms with E-state index in [0.29, 0.717) is 6.42 Å². The average molecular weight is 245 g/mol. The molecule has 1 radical (unpaired) electrons. The highest BCUT2D eigenvalue weighted by Crippen LogP contribution is 2.12. The standard InChI is InChI=1S/C14H29O3/c1-2-3-4-5-6-7-8-9-10-13(16)11-14(17)12-15/h13-15,17H,2-12H2,1H3. The van der Waals surface area contributed by atoms with E-state index >= 15 is 0 Å². The van der Waals surface area contributed by atoms with E-state index in [9.17, 15) is 5.11 Å². The van der Waals surface area contributed by atoms with Crippen LogP contribution in [-0.4, -0.2) is 29.0 Å². The molecule has 3 heteroatoms. The predicted octanol–water partition coefficient (Wildman–Crippen LogP) is 3.06. The van der Waals surface area contributed by atoms with Gasteiger partial charge in [-0.3, -0.25) is 0 Å². The first-order chi connectivity index (χ1) is 8.20. The number of aliphatic hydroxyl groups is 2. The molecular weight excluding hydrogens is 216 g/mol. The Morgan fingerprint density at radius 3 is 2.00 bits per heavy atom. The number of rotatable bonds is 12. The Balaban J connectivity index is 3.16. The van der Waals surface area contributed by atoms with Gasteiger partial charge in [0.25, 0.3) is 0 Å². The van der Waals surface area contributed by atoms with Crippen LogP contribution in [0.2, 0.25) is 0 Å². The highest BCUT2D eigenvalue weighted by molar-refractivity contribution is 4.62. The molecule has 0 aromatic rings. The van der Waals surface area contributed by atoms with Gasteiger partial charge in [-0.15, -0.1) is 0 Å². The minimum absolute atomic E-state index is 0.188. The summed E-state index contributed by atoms with van der Waals surface area (Å²) < 4.78 is 0. The Kier molecular flexibility index (Phi) is 12.3. The summed E-state index contributed by atoms with van der Waals surface area (Å²) in [6, 6.07) is 0. The van der Waals surface area contributed by atoms with Crippen LogP contribution in [0.5, 0.6) is 0 Å². The van der Waals surface area contributed by atoms with Crippen LogP contribution in [0.3, 0.4) is 0 Å². The molecule has 0 spiro atoms. The Morgan fingerprint density at radius 2 is 1.47 bits per heavy atom. The summed E-state index contributed by atoms with van der Waals surface area (Å²) >= 11 is 0. The van der Waals surface area contributed by atoms with E-state index in [1.807, 2.05) is 0 Å². The quantitative estimate of drug-likeness (QED) is 0.519. The van der Waals surface area contributed by atoms with Crippen LogP contribution in [0, 0.1) is 0 Å². The second kappa shape index (κ2) is 12.3. The van der Waals surface area contributed by atoms with Crippen LogP contribution < -0.4 is 0 Å². The summed E-state index contributed by atoms with van der Waals surface area (Å²) in [6.45, 7) is 1.92. The molecule has 0 aliphatic heterocycles. The van der Waals surface area contributed by atoms with Crippen LogP contribution in [0.15, 0.2) is 0 Å².